The van der Waals surface area contributed by atoms with Crippen LogP contribution in [0.3, 0.4) is 0 Å². The molecule has 2 fully saturated rings. The maximum atomic E-state index is 12.7. The van der Waals surface area contributed by atoms with Crippen LogP contribution in [0, 0.1) is 0 Å². The Morgan fingerprint density at radius 3 is 2.95 bits per heavy atom. The van der Waals surface area contributed by atoms with Crippen LogP contribution >= 0.6 is 0 Å². The minimum absolute atomic E-state index is 0.274. The van der Waals surface area contributed by atoms with E-state index in [0.717, 1.165) is 51.7 Å². The molecule has 1 aromatic rings. The summed E-state index contributed by atoms with van der Waals surface area (Å²) in [4.78, 5) is 24.7. The van der Waals surface area contributed by atoms with Crippen LogP contribution in [0.2, 0.25) is 0 Å². The summed E-state index contributed by atoms with van der Waals surface area (Å²) in [6, 6.07) is 0.646. The normalized spacial score (nSPS) is 29.2. The molecule has 0 radical (unpaired) electrons. The summed E-state index contributed by atoms with van der Waals surface area (Å²) in [6.45, 7) is 2.79. The number of nitrogens with zero attached hydrogens (tertiary/aromatic N) is 3. The molecule has 1 aliphatic carbocycles. The number of likely N-dealkylation sites (tertiary alicyclic amines) is 2. The molecule has 2 atom stereocenters. The van der Waals surface area contributed by atoms with Crippen LogP contribution in [0.15, 0.2) is 6.33 Å². The van der Waals surface area contributed by atoms with Gasteiger partial charge >= 0.3 is 6.03 Å². The van der Waals surface area contributed by atoms with Crippen molar-refractivity contribution in [1.82, 2.24) is 19.8 Å². The summed E-state index contributed by atoms with van der Waals surface area (Å²) >= 11 is 0. The van der Waals surface area contributed by atoms with Gasteiger partial charge in [0.25, 0.3) is 0 Å². The molecular weight excluding hydrogens is 252 g/mol. The lowest BCUT2D eigenvalue weighted by Gasteiger charge is -2.44. The van der Waals surface area contributed by atoms with Crippen molar-refractivity contribution in [3.05, 3.63) is 17.7 Å². The van der Waals surface area contributed by atoms with Crippen molar-refractivity contribution in [2.45, 2.75) is 50.5 Å². The van der Waals surface area contributed by atoms with Crippen LogP contribution in [0.5, 0.6) is 0 Å². The number of carbonyl (C=O) groups excluding carboxylic acids is 1. The molecule has 5 heteroatoms. The predicted molar refractivity (Wildman–Crippen MR) is 75.6 cm³/mol. The second kappa shape index (κ2) is 4.79. The maximum absolute atomic E-state index is 12.7. The molecule has 3 aliphatic rings. The number of carbonyl (C=O) groups is 1. The van der Waals surface area contributed by atoms with Crippen LogP contribution in [-0.2, 0) is 6.42 Å². The number of urea groups is 1. The van der Waals surface area contributed by atoms with Crippen LogP contribution in [0.4, 0.5) is 4.79 Å². The van der Waals surface area contributed by atoms with E-state index in [2.05, 4.69) is 19.8 Å². The monoisotopic (exact) mass is 274 g/mol. The van der Waals surface area contributed by atoms with E-state index in [1.807, 2.05) is 6.33 Å². The third-order valence-corrected chi connectivity index (χ3v) is 5.17. The van der Waals surface area contributed by atoms with Gasteiger partial charge in [0.2, 0.25) is 0 Å². The summed E-state index contributed by atoms with van der Waals surface area (Å²) in [6.07, 6.45) is 8.51. The van der Waals surface area contributed by atoms with Crippen LogP contribution < -0.4 is 0 Å². The first-order valence-electron chi connectivity index (χ1n) is 7.90. The Hall–Kier alpha value is -1.52. The quantitative estimate of drug-likeness (QED) is 0.788. The number of hydrogen-bond donors (Lipinski definition) is 1. The van der Waals surface area contributed by atoms with E-state index in [4.69, 9.17) is 0 Å². The van der Waals surface area contributed by atoms with Gasteiger partial charge in [-0.05, 0) is 32.1 Å². The van der Waals surface area contributed by atoms with Crippen LogP contribution in [-0.4, -0.2) is 51.5 Å². The highest BCUT2D eigenvalue weighted by Gasteiger charge is 2.39. The lowest BCUT2D eigenvalue weighted by Crippen LogP contribution is -2.54. The number of amides is 2. The summed E-state index contributed by atoms with van der Waals surface area (Å²) in [5.74, 6) is 0.556. The van der Waals surface area contributed by atoms with Gasteiger partial charge < -0.3 is 14.8 Å². The minimum atomic E-state index is 0.274. The molecule has 0 spiro atoms. The average Bonchev–Trinajstić information content (AvgIpc) is 2.96. The SMILES string of the molecule is O=C(N1CCCCC1)N1CC[C@@H]2C[C@@H]1Cc1[nH]cnc12. The number of imidazole rings is 1. The smallest absolute Gasteiger partial charge is 0.320 e. The first-order valence-corrected chi connectivity index (χ1v) is 7.90. The zero-order valence-corrected chi connectivity index (χ0v) is 11.8. The van der Waals surface area contributed by atoms with Crippen molar-refractivity contribution in [2.75, 3.05) is 19.6 Å². The van der Waals surface area contributed by atoms with Crippen molar-refractivity contribution in [1.29, 1.82) is 0 Å². The Bertz CT molecular complexity index is 506. The highest BCUT2D eigenvalue weighted by Crippen LogP contribution is 2.38. The number of nitrogens with one attached hydrogen (secondary N) is 1. The molecular formula is C15H22N4O. The Morgan fingerprint density at radius 2 is 2.10 bits per heavy atom. The van der Waals surface area contributed by atoms with E-state index in [1.165, 1.54) is 17.8 Å². The van der Waals surface area contributed by atoms with Crippen LogP contribution in [0.25, 0.3) is 0 Å². The molecule has 2 saturated heterocycles. The van der Waals surface area contributed by atoms with Crippen LogP contribution in [0.1, 0.15) is 49.4 Å². The molecule has 20 heavy (non-hydrogen) atoms. The summed E-state index contributed by atoms with van der Waals surface area (Å²) in [5.41, 5.74) is 2.51. The van der Waals surface area contributed by atoms with E-state index in [0.29, 0.717) is 12.0 Å². The Kier molecular flexibility index (Phi) is 2.93. The Morgan fingerprint density at radius 1 is 1.25 bits per heavy atom. The zero-order valence-electron chi connectivity index (χ0n) is 11.8. The molecule has 108 valence electrons. The van der Waals surface area contributed by atoms with Crippen molar-refractivity contribution in [3.8, 4) is 0 Å². The van der Waals surface area contributed by atoms with Gasteiger partial charge in [-0.15, -0.1) is 0 Å². The van der Waals surface area contributed by atoms with Gasteiger partial charge in [0.15, 0.2) is 0 Å². The van der Waals surface area contributed by atoms with E-state index >= 15 is 0 Å². The van der Waals surface area contributed by atoms with Gasteiger partial charge in [0, 0.05) is 43.7 Å². The molecule has 5 nitrogen and oxygen atoms in total. The van der Waals surface area contributed by atoms with Gasteiger partial charge in [-0.25, -0.2) is 9.78 Å². The number of fused-ring (bicyclic) bond motifs is 4. The van der Waals surface area contributed by atoms with E-state index in [-0.39, 0.29) is 6.03 Å². The minimum Gasteiger partial charge on any atom is -0.348 e. The molecule has 4 rings (SSSR count). The molecule has 0 aromatic carbocycles. The summed E-state index contributed by atoms with van der Waals surface area (Å²) in [5, 5.41) is 0. The maximum Gasteiger partial charge on any atom is 0.320 e. The molecule has 1 aromatic heterocycles. The zero-order chi connectivity index (χ0) is 13.5. The van der Waals surface area contributed by atoms with E-state index in [1.54, 1.807) is 0 Å². The molecule has 0 unspecified atom stereocenters. The number of rotatable bonds is 0. The van der Waals surface area contributed by atoms with E-state index < -0.39 is 0 Å². The summed E-state index contributed by atoms with van der Waals surface area (Å²) in [7, 11) is 0. The number of piperidine rings is 2. The van der Waals surface area contributed by atoms with Gasteiger partial charge in [-0.3, -0.25) is 0 Å². The lowest BCUT2D eigenvalue weighted by atomic mass is 9.80. The third-order valence-electron chi connectivity index (χ3n) is 5.17. The number of H-pyrrole nitrogens is 1. The number of aromatic amines is 1. The molecule has 2 bridgehead atoms. The third kappa shape index (κ3) is 1.91. The predicted octanol–water partition coefficient (Wildman–Crippen LogP) is 2.12. The Balaban J connectivity index is 1.52. The highest BCUT2D eigenvalue weighted by atomic mass is 16.2. The molecule has 2 amide bonds. The first kappa shape index (κ1) is 12.2. The first-order chi connectivity index (χ1) is 9.83. The van der Waals surface area contributed by atoms with Gasteiger partial charge in [-0.1, -0.05) is 0 Å². The number of hydrogen-bond acceptors (Lipinski definition) is 2. The second-order valence-corrected chi connectivity index (χ2v) is 6.37. The van der Waals surface area contributed by atoms with E-state index in [9.17, 15) is 4.79 Å². The van der Waals surface area contributed by atoms with Crippen molar-refractivity contribution < 1.29 is 4.79 Å². The number of aromatic nitrogens is 2. The van der Waals surface area contributed by atoms with Crippen molar-refractivity contribution >= 4 is 6.03 Å². The molecule has 1 N–H and O–H groups in total. The van der Waals surface area contributed by atoms with Crippen molar-refractivity contribution in [3.63, 3.8) is 0 Å². The fourth-order valence-electron chi connectivity index (χ4n) is 4.09. The van der Waals surface area contributed by atoms with Crippen molar-refractivity contribution in [2.24, 2.45) is 0 Å². The second-order valence-electron chi connectivity index (χ2n) is 6.37. The average molecular weight is 274 g/mol. The summed E-state index contributed by atoms with van der Waals surface area (Å²) < 4.78 is 0. The molecule has 2 aliphatic heterocycles. The fraction of sp³-hybridized carbons (Fsp3) is 0.733. The topological polar surface area (TPSA) is 52.2 Å². The van der Waals surface area contributed by atoms with Gasteiger partial charge in [0.05, 0.1) is 12.0 Å². The lowest BCUT2D eigenvalue weighted by molar-refractivity contribution is 0.0977. The standard InChI is InChI=1S/C15H22N4O/c20-15(18-5-2-1-3-6-18)19-7-4-11-8-12(19)9-13-14(11)17-10-16-13/h10-12H,1-9H2,(H,16,17)/t11-,12-/m1/s1. The highest BCUT2D eigenvalue weighted by molar-refractivity contribution is 5.75. The molecule has 3 heterocycles. The fourth-order valence-corrected chi connectivity index (χ4v) is 4.09. The Labute approximate surface area is 119 Å². The van der Waals surface area contributed by atoms with Gasteiger partial charge in [-0.2, -0.15) is 0 Å². The largest absolute Gasteiger partial charge is 0.348 e. The molecule has 0 saturated carbocycles. The van der Waals surface area contributed by atoms with Gasteiger partial charge in [0.1, 0.15) is 0 Å².